The van der Waals surface area contributed by atoms with Crippen LogP contribution in [-0.4, -0.2) is 30.1 Å². The van der Waals surface area contributed by atoms with Crippen molar-refractivity contribution in [3.8, 4) is 11.3 Å². The molecule has 0 radical (unpaired) electrons. The molecule has 106 valence electrons. The van der Waals surface area contributed by atoms with Crippen LogP contribution in [-0.2, 0) is 6.54 Å². The Morgan fingerprint density at radius 3 is 3.05 bits per heavy atom. The Balaban J connectivity index is 1.53. The number of aromatic nitrogens is 6. The smallest absolute Gasteiger partial charge is 0.248 e. The molecular formula is C13H11BrN6O. The van der Waals surface area contributed by atoms with Crippen molar-refractivity contribution in [3.05, 3.63) is 40.8 Å². The molecule has 1 fully saturated rings. The number of hydrogen-bond acceptors (Lipinski definition) is 6. The third-order valence-electron chi connectivity index (χ3n) is 3.26. The predicted octanol–water partition coefficient (Wildman–Crippen LogP) is 2.41. The molecule has 0 aliphatic heterocycles. The Bertz CT molecular complexity index is 778. The van der Waals surface area contributed by atoms with Crippen molar-refractivity contribution in [2.24, 2.45) is 0 Å². The Hall–Kier alpha value is -2.09. The highest BCUT2D eigenvalue weighted by Crippen LogP contribution is 2.38. The fraction of sp³-hybridized carbons (Fsp3) is 0.308. The lowest BCUT2D eigenvalue weighted by Gasteiger charge is -1.95. The van der Waals surface area contributed by atoms with Crippen LogP contribution < -0.4 is 0 Å². The number of pyridine rings is 1. The van der Waals surface area contributed by atoms with Gasteiger partial charge in [0, 0.05) is 28.3 Å². The first-order chi connectivity index (χ1) is 10.3. The van der Waals surface area contributed by atoms with Crippen LogP contribution in [0.15, 0.2) is 33.7 Å². The van der Waals surface area contributed by atoms with Gasteiger partial charge in [-0.1, -0.05) is 10.4 Å². The van der Waals surface area contributed by atoms with Crippen molar-refractivity contribution in [3.63, 3.8) is 0 Å². The maximum Gasteiger partial charge on any atom is 0.248 e. The van der Waals surface area contributed by atoms with Crippen LogP contribution in [0.4, 0.5) is 0 Å². The van der Waals surface area contributed by atoms with E-state index in [0.717, 1.165) is 34.4 Å². The van der Waals surface area contributed by atoms with Crippen LogP contribution in [0, 0.1) is 0 Å². The van der Waals surface area contributed by atoms with Crippen LogP contribution in [0.25, 0.3) is 11.3 Å². The molecule has 21 heavy (non-hydrogen) atoms. The fourth-order valence-electron chi connectivity index (χ4n) is 2.04. The zero-order valence-corrected chi connectivity index (χ0v) is 12.6. The Morgan fingerprint density at radius 2 is 2.24 bits per heavy atom. The summed E-state index contributed by atoms with van der Waals surface area (Å²) in [6.07, 6.45) is 7.62. The minimum Gasteiger partial charge on any atom is -0.337 e. The van der Waals surface area contributed by atoms with Gasteiger partial charge < -0.3 is 4.52 Å². The molecule has 1 saturated carbocycles. The Kier molecular flexibility index (Phi) is 3.03. The molecule has 0 atom stereocenters. The van der Waals surface area contributed by atoms with Gasteiger partial charge in [-0.2, -0.15) is 4.98 Å². The van der Waals surface area contributed by atoms with E-state index in [0.29, 0.717) is 18.4 Å². The average Bonchev–Trinajstić information content (AvgIpc) is 3.05. The molecule has 3 aromatic rings. The van der Waals surface area contributed by atoms with Crippen molar-refractivity contribution < 1.29 is 4.52 Å². The largest absolute Gasteiger partial charge is 0.337 e. The normalized spacial score (nSPS) is 14.5. The van der Waals surface area contributed by atoms with Gasteiger partial charge in [0.2, 0.25) is 5.89 Å². The monoisotopic (exact) mass is 346 g/mol. The standard InChI is InChI=1S/C13H11BrN6O/c14-10-3-9(4-15-5-10)11-6-20(19-17-11)7-12-16-13(18-21-12)8-1-2-8/h3-6,8H,1-2,7H2. The summed E-state index contributed by atoms with van der Waals surface area (Å²) in [5, 5.41) is 12.2. The summed E-state index contributed by atoms with van der Waals surface area (Å²) >= 11 is 3.39. The summed E-state index contributed by atoms with van der Waals surface area (Å²) in [5.74, 6) is 1.85. The van der Waals surface area contributed by atoms with Crippen molar-refractivity contribution in [1.29, 1.82) is 0 Å². The number of nitrogens with zero attached hydrogens (tertiary/aromatic N) is 6. The maximum absolute atomic E-state index is 5.23. The second-order valence-corrected chi connectivity index (χ2v) is 5.93. The third-order valence-corrected chi connectivity index (χ3v) is 3.70. The van der Waals surface area contributed by atoms with E-state index in [1.54, 1.807) is 17.1 Å². The number of rotatable bonds is 4. The third kappa shape index (κ3) is 2.71. The average molecular weight is 347 g/mol. The van der Waals surface area contributed by atoms with Crippen LogP contribution in [0.2, 0.25) is 0 Å². The molecule has 3 aromatic heterocycles. The van der Waals surface area contributed by atoms with Gasteiger partial charge in [-0.15, -0.1) is 5.10 Å². The molecule has 1 aliphatic rings. The molecule has 1 aliphatic carbocycles. The first-order valence-electron chi connectivity index (χ1n) is 6.61. The lowest BCUT2D eigenvalue weighted by molar-refractivity contribution is 0.360. The van der Waals surface area contributed by atoms with E-state index in [4.69, 9.17) is 4.52 Å². The van der Waals surface area contributed by atoms with Crippen molar-refractivity contribution in [2.75, 3.05) is 0 Å². The highest BCUT2D eigenvalue weighted by Gasteiger charge is 2.28. The van der Waals surface area contributed by atoms with Crippen molar-refractivity contribution in [2.45, 2.75) is 25.3 Å². The highest BCUT2D eigenvalue weighted by molar-refractivity contribution is 9.10. The van der Waals surface area contributed by atoms with E-state index in [2.05, 4.69) is 41.4 Å². The minimum absolute atomic E-state index is 0.425. The lowest BCUT2D eigenvalue weighted by atomic mass is 10.2. The second-order valence-electron chi connectivity index (χ2n) is 5.01. The fourth-order valence-corrected chi connectivity index (χ4v) is 2.40. The summed E-state index contributed by atoms with van der Waals surface area (Å²) in [4.78, 5) is 8.50. The van der Waals surface area contributed by atoms with Crippen molar-refractivity contribution in [1.82, 2.24) is 30.1 Å². The molecule has 0 bridgehead atoms. The first-order valence-corrected chi connectivity index (χ1v) is 7.41. The van der Waals surface area contributed by atoms with Gasteiger partial charge in [-0.05, 0) is 34.8 Å². The first kappa shape index (κ1) is 12.6. The molecule has 0 N–H and O–H groups in total. The van der Waals surface area contributed by atoms with Crippen molar-refractivity contribution >= 4 is 15.9 Å². The highest BCUT2D eigenvalue weighted by atomic mass is 79.9. The molecule has 0 saturated heterocycles. The molecule has 0 spiro atoms. The van der Waals surface area contributed by atoms with Crippen LogP contribution in [0.3, 0.4) is 0 Å². The van der Waals surface area contributed by atoms with E-state index in [1.165, 1.54) is 0 Å². The van der Waals surface area contributed by atoms with E-state index in [9.17, 15) is 0 Å². The molecule has 8 heteroatoms. The van der Waals surface area contributed by atoms with Gasteiger partial charge in [0.05, 0.1) is 6.20 Å². The van der Waals surface area contributed by atoms with Crippen LogP contribution >= 0.6 is 15.9 Å². The zero-order valence-electron chi connectivity index (χ0n) is 11.0. The maximum atomic E-state index is 5.23. The summed E-state index contributed by atoms with van der Waals surface area (Å²) in [6, 6.07) is 1.94. The lowest BCUT2D eigenvalue weighted by Crippen LogP contribution is -2.00. The van der Waals surface area contributed by atoms with Crippen LogP contribution in [0.5, 0.6) is 0 Å². The second kappa shape index (κ2) is 5.03. The number of halogens is 1. The molecule has 0 unspecified atom stereocenters. The molecule has 0 amide bonds. The van der Waals surface area contributed by atoms with E-state index >= 15 is 0 Å². The molecular weight excluding hydrogens is 336 g/mol. The molecule has 3 heterocycles. The van der Waals surface area contributed by atoms with Gasteiger partial charge in [0.1, 0.15) is 12.2 Å². The summed E-state index contributed by atoms with van der Waals surface area (Å²) in [5.41, 5.74) is 1.66. The Morgan fingerprint density at radius 1 is 1.33 bits per heavy atom. The molecule has 0 aromatic carbocycles. The van der Waals surface area contributed by atoms with Gasteiger partial charge in [-0.25, -0.2) is 4.68 Å². The zero-order chi connectivity index (χ0) is 14.2. The van der Waals surface area contributed by atoms with Gasteiger partial charge in [-0.3, -0.25) is 4.98 Å². The van der Waals surface area contributed by atoms with Gasteiger partial charge in [0.25, 0.3) is 0 Å². The quantitative estimate of drug-likeness (QED) is 0.721. The van der Waals surface area contributed by atoms with E-state index in [-0.39, 0.29) is 0 Å². The summed E-state index contributed by atoms with van der Waals surface area (Å²) in [7, 11) is 0. The molecule has 7 nitrogen and oxygen atoms in total. The van der Waals surface area contributed by atoms with Gasteiger partial charge >= 0.3 is 0 Å². The van der Waals surface area contributed by atoms with Crippen LogP contribution in [0.1, 0.15) is 30.5 Å². The Labute approximate surface area is 128 Å². The minimum atomic E-state index is 0.425. The topological polar surface area (TPSA) is 82.5 Å². The van der Waals surface area contributed by atoms with Gasteiger partial charge in [0.15, 0.2) is 5.82 Å². The SMILES string of the molecule is Brc1cncc(-c2cn(Cc3nc(C4CC4)no3)nn2)c1. The van der Waals surface area contributed by atoms with E-state index < -0.39 is 0 Å². The number of hydrogen-bond donors (Lipinski definition) is 0. The predicted molar refractivity (Wildman–Crippen MR) is 76.3 cm³/mol. The summed E-state index contributed by atoms with van der Waals surface area (Å²) < 4.78 is 7.82. The van der Waals surface area contributed by atoms with E-state index in [1.807, 2.05) is 12.3 Å². The molecule has 4 rings (SSSR count). The summed E-state index contributed by atoms with van der Waals surface area (Å²) in [6.45, 7) is 0.425.